The maximum atomic E-state index is 12.1. The van der Waals surface area contributed by atoms with Crippen LogP contribution in [0.25, 0.3) is 0 Å². The first-order valence-electron chi connectivity index (χ1n) is 7.62. The lowest BCUT2D eigenvalue weighted by Crippen LogP contribution is -2.42. The Morgan fingerprint density at radius 3 is 2.68 bits per heavy atom. The molecule has 3 atom stereocenters. The summed E-state index contributed by atoms with van der Waals surface area (Å²) in [6.07, 6.45) is 4.22. The van der Waals surface area contributed by atoms with Crippen LogP contribution in [0.15, 0.2) is 0 Å². The van der Waals surface area contributed by atoms with E-state index in [2.05, 4.69) is 13.8 Å². The van der Waals surface area contributed by atoms with Gasteiger partial charge in [-0.15, -0.1) is 0 Å². The van der Waals surface area contributed by atoms with Gasteiger partial charge in [0.2, 0.25) is 5.91 Å². The summed E-state index contributed by atoms with van der Waals surface area (Å²) >= 11 is 0. The number of nitrogens with zero attached hydrogens (tertiary/aromatic N) is 1. The molecule has 0 spiro atoms. The monoisotopic (exact) mass is 269 g/mol. The molecule has 3 unspecified atom stereocenters. The average molecular weight is 269 g/mol. The van der Waals surface area contributed by atoms with Gasteiger partial charge in [0, 0.05) is 19.7 Å². The van der Waals surface area contributed by atoms with Gasteiger partial charge in [-0.25, -0.2) is 0 Å². The van der Waals surface area contributed by atoms with E-state index in [1.165, 1.54) is 6.42 Å². The summed E-state index contributed by atoms with van der Waals surface area (Å²) in [5, 5.41) is 0. The van der Waals surface area contributed by atoms with Crippen molar-refractivity contribution in [3.63, 3.8) is 0 Å². The van der Waals surface area contributed by atoms with Crippen molar-refractivity contribution in [3.05, 3.63) is 0 Å². The Morgan fingerprint density at radius 1 is 1.32 bits per heavy atom. The van der Waals surface area contributed by atoms with E-state index < -0.39 is 0 Å². The fourth-order valence-corrected chi connectivity index (χ4v) is 3.17. The molecule has 0 radical (unpaired) electrons. The second-order valence-electron chi connectivity index (χ2n) is 6.20. The van der Waals surface area contributed by atoms with E-state index in [4.69, 9.17) is 9.47 Å². The zero-order chi connectivity index (χ0) is 13.7. The van der Waals surface area contributed by atoms with Gasteiger partial charge in [0.05, 0.1) is 25.7 Å². The average Bonchev–Trinajstić information content (AvgIpc) is 2.86. The van der Waals surface area contributed by atoms with Crippen LogP contribution in [0.4, 0.5) is 0 Å². The van der Waals surface area contributed by atoms with E-state index in [1.54, 1.807) is 0 Å². The van der Waals surface area contributed by atoms with Gasteiger partial charge in [-0.3, -0.25) is 4.79 Å². The Balaban J connectivity index is 1.60. The molecule has 4 heteroatoms. The maximum Gasteiger partial charge on any atom is 0.224 e. The Kier molecular flexibility index (Phi) is 5.64. The van der Waals surface area contributed by atoms with E-state index in [9.17, 15) is 4.79 Å². The highest BCUT2D eigenvalue weighted by molar-refractivity contribution is 5.76. The Labute approximate surface area is 116 Å². The van der Waals surface area contributed by atoms with Crippen LogP contribution >= 0.6 is 0 Å². The highest BCUT2D eigenvalue weighted by Gasteiger charge is 2.25. The summed E-state index contributed by atoms with van der Waals surface area (Å²) in [6.45, 7) is 8.30. The largest absolute Gasteiger partial charge is 0.378 e. The van der Waals surface area contributed by atoms with Crippen LogP contribution in [0.1, 0.15) is 39.5 Å². The number of hydrogen-bond acceptors (Lipinski definition) is 3. The normalized spacial score (nSPS) is 31.7. The van der Waals surface area contributed by atoms with Crippen molar-refractivity contribution in [1.29, 1.82) is 0 Å². The highest BCUT2D eigenvalue weighted by atomic mass is 16.5. The van der Waals surface area contributed by atoms with Gasteiger partial charge in [-0.2, -0.15) is 0 Å². The minimum Gasteiger partial charge on any atom is -0.378 e. The van der Waals surface area contributed by atoms with Gasteiger partial charge >= 0.3 is 0 Å². The van der Waals surface area contributed by atoms with Crippen LogP contribution in [0.3, 0.4) is 0 Å². The number of piperidine rings is 1. The van der Waals surface area contributed by atoms with Crippen molar-refractivity contribution in [1.82, 2.24) is 4.90 Å². The number of carbonyl (C=O) groups excluding carboxylic acids is 1. The highest BCUT2D eigenvalue weighted by Crippen LogP contribution is 2.21. The zero-order valence-electron chi connectivity index (χ0n) is 12.3. The third-order valence-corrected chi connectivity index (χ3v) is 4.01. The van der Waals surface area contributed by atoms with Gasteiger partial charge in [0.1, 0.15) is 0 Å². The van der Waals surface area contributed by atoms with Crippen molar-refractivity contribution in [3.8, 4) is 0 Å². The standard InChI is InChI=1S/C15H27NO3/c1-12-8-13(2)10-16(9-12)15(17)5-7-18-11-14-4-3-6-19-14/h12-14H,3-11H2,1-2H3. The molecular formula is C15H27NO3. The quantitative estimate of drug-likeness (QED) is 0.717. The van der Waals surface area contributed by atoms with Crippen LogP contribution in [0.2, 0.25) is 0 Å². The van der Waals surface area contributed by atoms with E-state index in [-0.39, 0.29) is 12.0 Å². The first-order valence-corrected chi connectivity index (χ1v) is 7.62. The van der Waals surface area contributed by atoms with Gasteiger partial charge in [0.25, 0.3) is 0 Å². The minimum absolute atomic E-state index is 0.241. The first kappa shape index (κ1) is 14.8. The molecule has 4 nitrogen and oxygen atoms in total. The van der Waals surface area contributed by atoms with Crippen molar-refractivity contribution in [2.24, 2.45) is 11.8 Å². The first-order chi connectivity index (χ1) is 9.15. The van der Waals surface area contributed by atoms with Crippen LogP contribution < -0.4 is 0 Å². The fraction of sp³-hybridized carbons (Fsp3) is 0.933. The van der Waals surface area contributed by atoms with Gasteiger partial charge in [0.15, 0.2) is 0 Å². The number of amides is 1. The molecule has 2 rings (SSSR count). The number of likely N-dealkylation sites (tertiary alicyclic amines) is 1. The molecule has 0 aromatic rings. The van der Waals surface area contributed by atoms with Crippen molar-refractivity contribution >= 4 is 5.91 Å². The SMILES string of the molecule is CC1CC(C)CN(C(=O)CCOCC2CCCO2)C1. The Morgan fingerprint density at radius 2 is 2.05 bits per heavy atom. The number of carbonyl (C=O) groups is 1. The van der Waals surface area contributed by atoms with Crippen molar-refractivity contribution < 1.29 is 14.3 Å². The number of ether oxygens (including phenoxy) is 2. The summed E-state index contributed by atoms with van der Waals surface area (Å²) in [6, 6.07) is 0. The summed E-state index contributed by atoms with van der Waals surface area (Å²) < 4.78 is 11.0. The Hall–Kier alpha value is -0.610. The molecule has 2 fully saturated rings. The van der Waals surface area contributed by atoms with Crippen LogP contribution in [-0.4, -0.2) is 49.8 Å². The maximum absolute atomic E-state index is 12.1. The fourth-order valence-electron chi connectivity index (χ4n) is 3.17. The molecule has 0 aliphatic carbocycles. The molecule has 0 aromatic carbocycles. The third-order valence-electron chi connectivity index (χ3n) is 4.01. The lowest BCUT2D eigenvalue weighted by Gasteiger charge is -2.35. The molecule has 2 aliphatic rings. The number of rotatable bonds is 5. The molecular weight excluding hydrogens is 242 g/mol. The molecule has 2 heterocycles. The zero-order valence-corrected chi connectivity index (χ0v) is 12.3. The predicted octanol–water partition coefficient (Wildman–Crippen LogP) is 2.08. The van der Waals surface area contributed by atoms with Crippen molar-refractivity contribution in [2.45, 2.75) is 45.6 Å². The molecule has 0 aromatic heterocycles. The molecule has 0 N–H and O–H groups in total. The summed E-state index contributed by atoms with van der Waals surface area (Å²) in [5.74, 6) is 1.49. The van der Waals surface area contributed by atoms with Gasteiger partial charge in [-0.05, 0) is 31.1 Å². The third kappa shape index (κ3) is 4.77. The summed E-state index contributed by atoms with van der Waals surface area (Å²) in [7, 11) is 0. The topological polar surface area (TPSA) is 38.8 Å². The molecule has 2 aliphatic heterocycles. The van der Waals surface area contributed by atoms with Crippen LogP contribution in [-0.2, 0) is 14.3 Å². The molecule has 0 saturated carbocycles. The summed E-state index contributed by atoms with van der Waals surface area (Å²) in [4.78, 5) is 14.1. The van der Waals surface area contributed by atoms with Crippen LogP contribution in [0.5, 0.6) is 0 Å². The molecule has 2 saturated heterocycles. The lowest BCUT2D eigenvalue weighted by molar-refractivity contribution is -0.135. The lowest BCUT2D eigenvalue weighted by atomic mass is 9.92. The van der Waals surface area contributed by atoms with E-state index >= 15 is 0 Å². The smallest absolute Gasteiger partial charge is 0.224 e. The predicted molar refractivity (Wildman–Crippen MR) is 73.9 cm³/mol. The van der Waals surface area contributed by atoms with Crippen molar-refractivity contribution in [2.75, 3.05) is 32.9 Å². The van der Waals surface area contributed by atoms with E-state index in [1.807, 2.05) is 4.90 Å². The second-order valence-corrected chi connectivity index (χ2v) is 6.20. The second kappa shape index (κ2) is 7.25. The van der Waals surface area contributed by atoms with Gasteiger partial charge < -0.3 is 14.4 Å². The molecule has 0 bridgehead atoms. The van der Waals surface area contributed by atoms with E-state index in [0.717, 1.165) is 32.5 Å². The molecule has 19 heavy (non-hydrogen) atoms. The van der Waals surface area contributed by atoms with Crippen LogP contribution in [0, 0.1) is 11.8 Å². The molecule has 110 valence electrons. The Bertz CT molecular complexity index is 279. The summed E-state index contributed by atoms with van der Waals surface area (Å²) in [5.41, 5.74) is 0. The molecule has 1 amide bonds. The van der Waals surface area contributed by atoms with Gasteiger partial charge in [-0.1, -0.05) is 13.8 Å². The number of hydrogen-bond donors (Lipinski definition) is 0. The van der Waals surface area contributed by atoms with E-state index in [0.29, 0.717) is 31.5 Å². The minimum atomic E-state index is 0.241.